The number of nitrogens with zero attached hydrogens (tertiary/aromatic N) is 3. The van der Waals surface area contributed by atoms with Gasteiger partial charge in [-0.3, -0.25) is 9.98 Å². The molecule has 1 N–H and O–H groups in total. The smallest absolute Gasteiger partial charge is 0.338 e. The van der Waals surface area contributed by atoms with Crippen LogP contribution in [-0.2, 0) is 9.53 Å². The number of carbonyl (C=O) groups is 1. The van der Waals surface area contributed by atoms with E-state index < -0.39 is 12.0 Å². The Kier molecular flexibility index (Phi) is 8.37. The van der Waals surface area contributed by atoms with Gasteiger partial charge in [-0.25, -0.2) is 9.18 Å². The van der Waals surface area contributed by atoms with Gasteiger partial charge >= 0.3 is 5.97 Å². The van der Waals surface area contributed by atoms with Crippen LogP contribution in [0.5, 0.6) is 0 Å². The average molecular weight is 505 g/mol. The molecule has 0 amide bonds. The number of benzene rings is 1. The van der Waals surface area contributed by atoms with Crippen molar-refractivity contribution in [3.8, 4) is 0 Å². The molecule has 1 fully saturated rings. The number of hydrogen-bond acceptors (Lipinski definition) is 6. The number of fused-ring (bicyclic) bond motifs is 1. The van der Waals surface area contributed by atoms with E-state index in [0.29, 0.717) is 40.5 Å². The van der Waals surface area contributed by atoms with Crippen molar-refractivity contribution >= 4 is 33.4 Å². The minimum atomic E-state index is -0.631. The summed E-state index contributed by atoms with van der Waals surface area (Å²) in [4.78, 5) is 24.7. The molecule has 2 aliphatic rings. The first-order valence-electron chi connectivity index (χ1n) is 11.0. The summed E-state index contributed by atoms with van der Waals surface area (Å²) in [5, 5.41) is 3.34. The van der Waals surface area contributed by atoms with E-state index in [9.17, 15) is 9.18 Å². The summed E-state index contributed by atoms with van der Waals surface area (Å²) in [6.07, 6.45) is 4.93. The molecule has 32 heavy (non-hydrogen) atoms. The summed E-state index contributed by atoms with van der Waals surface area (Å²) >= 11 is 3.45. The van der Waals surface area contributed by atoms with Crippen molar-refractivity contribution in [2.75, 3.05) is 26.2 Å². The van der Waals surface area contributed by atoms with Crippen LogP contribution in [-0.4, -0.2) is 48.7 Å². The second kappa shape index (κ2) is 11.0. The van der Waals surface area contributed by atoms with E-state index in [-0.39, 0.29) is 12.4 Å². The van der Waals surface area contributed by atoms with Gasteiger partial charge in [0.05, 0.1) is 17.9 Å². The largest absolute Gasteiger partial charge is 0.463 e. The van der Waals surface area contributed by atoms with E-state index in [4.69, 9.17) is 9.73 Å². The van der Waals surface area contributed by atoms with E-state index in [0.717, 1.165) is 24.4 Å². The lowest BCUT2D eigenvalue weighted by molar-refractivity contribution is -0.139. The third-order valence-corrected chi connectivity index (χ3v) is 6.31. The van der Waals surface area contributed by atoms with Crippen LogP contribution in [0.15, 0.2) is 56.2 Å². The van der Waals surface area contributed by atoms with Gasteiger partial charge in [-0.2, -0.15) is 0 Å². The SMILES string of the molecule is CCOC(=O)C1=C2CNCCN2C(C(C)=N/C=C\C(C)CC)=NC1c1ccc(F)cc1Br. The average Bonchev–Trinajstić information content (AvgIpc) is 2.78. The van der Waals surface area contributed by atoms with Gasteiger partial charge in [0.25, 0.3) is 0 Å². The highest BCUT2D eigenvalue weighted by atomic mass is 79.9. The Morgan fingerprint density at radius 3 is 2.94 bits per heavy atom. The molecule has 0 saturated carbocycles. The number of allylic oxidation sites excluding steroid dienone is 1. The fraction of sp³-hybridized carbons (Fsp3) is 0.458. The predicted octanol–water partition coefficient (Wildman–Crippen LogP) is 4.78. The zero-order valence-corrected chi connectivity index (χ0v) is 20.6. The lowest BCUT2D eigenvalue weighted by atomic mass is 9.93. The highest BCUT2D eigenvalue weighted by Gasteiger charge is 2.38. The van der Waals surface area contributed by atoms with Gasteiger partial charge in [0.1, 0.15) is 11.9 Å². The first kappa shape index (κ1) is 24.3. The van der Waals surface area contributed by atoms with Crippen LogP contribution in [0.1, 0.15) is 45.7 Å². The zero-order valence-electron chi connectivity index (χ0n) is 19.0. The molecule has 0 bridgehead atoms. The van der Waals surface area contributed by atoms with Crippen LogP contribution >= 0.6 is 15.9 Å². The lowest BCUT2D eigenvalue weighted by Gasteiger charge is -2.39. The van der Waals surface area contributed by atoms with Crippen LogP contribution in [0, 0.1) is 11.7 Å². The summed E-state index contributed by atoms with van der Waals surface area (Å²) in [7, 11) is 0. The molecule has 1 aromatic carbocycles. The van der Waals surface area contributed by atoms with Crippen molar-refractivity contribution < 1.29 is 13.9 Å². The van der Waals surface area contributed by atoms with Gasteiger partial charge in [-0.15, -0.1) is 0 Å². The molecule has 1 aromatic rings. The van der Waals surface area contributed by atoms with Gasteiger partial charge in [-0.1, -0.05) is 48.3 Å². The van der Waals surface area contributed by atoms with Crippen LogP contribution in [0.4, 0.5) is 4.39 Å². The monoisotopic (exact) mass is 504 g/mol. The zero-order chi connectivity index (χ0) is 23.3. The van der Waals surface area contributed by atoms with Gasteiger partial charge in [0.15, 0.2) is 5.84 Å². The maximum Gasteiger partial charge on any atom is 0.338 e. The van der Waals surface area contributed by atoms with Crippen molar-refractivity contribution in [2.24, 2.45) is 15.9 Å². The number of amidine groups is 1. The lowest BCUT2D eigenvalue weighted by Crippen LogP contribution is -2.50. The van der Waals surface area contributed by atoms with E-state index in [1.807, 2.05) is 18.0 Å². The second-order valence-electron chi connectivity index (χ2n) is 7.87. The number of carbonyl (C=O) groups excluding carboxylic acids is 1. The van der Waals surface area contributed by atoms with Crippen molar-refractivity contribution in [2.45, 2.75) is 40.2 Å². The summed E-state index contributed by atoms with van der Waals surface area (Å²) in [5.74, 6) is 0.378. The first-order chi connectivity index (χ1) is 15.4. The van der Waals surface area contributed by atoms with Crippen molar-refractivity contribution in [1.82, 2.24) is 10.2 Å². The first-order valence-corrected chi connectivity index (χ1v) is 11.8. The van der Waals surface area contributed by atoms with Crippen LogP contribution in [0.25, 0.3) is 0 Å². The molecule has 0 aromatic heterocycles. The highest BCUT2D eigenvalue weighted by molar-refractivity contribution is 9.10. The van der Waals surface area contributed by atoms with Gasteiger partial charge in [-0.05, 0) is 37.5 Å². The molecule has 0 radical (unpaired) electrons. The Bertz CT molecular complexity index is 986. The Balaban J connectivity index is 2.13. The quantitative estimate of drug-likeness (QED) is 0.428. The summed E-state index contributed by atoms with van der Waals surface area (Å²) in [6, 6.07) is 3.80. The minimum absolute atomic E-state index is 0.262. The van der Waals surface area contributed by atoms with Gasteiger partial charge in [0.2, 0.25) is 0 Å². The molecule has 8 heteroatoms. The Morgan fingerprint density at radius 1 is 1.47 bits per heavy atom. The number of ether oxygens (including phenoxy) is 1. The summed E-state index contributed by atoms with van der Waals surface area (Å²) in [5.41, 5.74) is 2.75. The fourth-order valence-corrected chi connectivity index (χ4v) is 4.26. The summed E-state index contributed by atoms with van der Waals surface area (Å²) in [6.45, 7) is 10.2. The maximum absolute atomic E-state index is 13.8. The van der Waals surface area contributed by atoms with E-state index >= 15 is 0 Å². The molecule has 2 aliphatic heterocycles. The number of nitrogens with one attached hydrogen (secondary N) is 1. The molecule has 1 saturated heterocycles. The number of rotatable bonds is 7. The summed E-state index contributed by atoms with van der Waals surface area (Å²) < 4.78 is 19.7. The van der Waals surface area contributed by atoms with Gasteiger partial charge < -0.3 is 15.0 Å². The third kappa shape index (κ3) is 5.35. The molecule has 2 atom stereocenters. The van der Waals surface area contributed by atoms with Crippen LogP contribution in [0.3, 0.4) is 0 Å². The number of aliphatic imine (C=N–C) groups is 2. The maximum atomic E-state index is 13.8. The highest BCUT2D eigenvalue weighted by Crippen LogP contribution is 2.38. The van der Waals surface area contributed by atoms with Gasteiger partial charge in [0, 0.05) is 36.0 Å². The van der Waals surface area contributed by atoms with Crippen molar-refractivity contribution in [3.63, 3.8) is 0 Å². The minimum Gasteiger partial charge on any atom is -0.463 e. The molecular formula is C24H30BrFN4O2. The second-order valence-corrected chi connectivity index (χ2v) is 8.73. The Hall–Kier alpha value is -2.32. The Morgan fingerprint density at radius 2 is 2.25 bits per heavy atom. The normalized spacial score (nSPS) is 20.3. The molecule has 0 aliphatic carbocycles. The topological polar surface area (TPSA) is 66.3 Å². The standard InChI is InChI=1S/C24H30BrFN4O2/c1-5-15(3)9-10-28-16(4)23-29-22(18-8-7-17(26)13-19(18)25)21(24(31)32-6-2)20-14-27-11-12-30(20)23/h7-10,13,15,22,27H,5-6,11-12,14H2,1-4H3/b10-9-,28-16?. The molecule has 2 heterocycles. The van der Waals surface area contributed by atoms with E-state index in [2.05, 4.69) is 46.2 Å². The van der Waals surface area contributed by atoms with Crippen LogP contribution < -0.4 is 5.32 Å². The number of halogens is 2. The molecule has 6 nitrogen and oxygen atoms in total. The molecular weight excluding hydrogens is 475 g/mol. The van der Waals surface area contributed by atoms with E-state index in [1.54, 1.807) is 13.0 Å². The Labute approximate surface area is 197 Å². The van der Waals surface area contributed by atoms with Crippen molar-refractivity contribution in [1.29, 1.82) is 0 Å². The van der Waals surface area contributed by atoms with Crippen molar-refractivity contribution in [3.05, 3.63) is 57.6 Å². The third-order valence-electron chi connectivity index (χ3n) is 5.62. The molecule has 3 rings (SSSR count). The van der Waals surface area contributed by atoms with E-state index in [1.165, 1.54) is 12.1 Å². The fourth-order valence-electron chi connectivity index (χ4n) is 3.69. The number of hydrogen-bond donors (Lipinski definition) is 1. The number of esters is 1. The number of piperazine rings is 1. The predicted molar refractivity (Wildman–Crippen MR) is 129 cm³/mol. The molecule has 172 valence electrons. The van der Waals surface area contributed by atoms with Crippen LogP contribution in [0.2, 0.25) is 0 Å². The molecule has 2 unspecified atom stereocenters. The molecule has 0 spiro atoms.